The summed E-state index contributed by atoms with van der Waals surface area (Å²) in [6, 6.07) is 11.7. The summed E-state index contributed by atoms with van der Waals surface area (Å²) >= 11 is 0. The topological polar surface area (TPSA) is 50.1 Å². The highest BCUT2D eigenvalue weighted by Crippen LogP contribution is 2.11. The summed E-state index contributed by atoms with van der Waals surface area (Å²) in [4.78, 5) is 17.1. The summed E-state index contributed by atoms with van der Waals surface area (Å²) in [5.74, 6) is -0.662. The second-order valence-corrected chi connectivity index (χ2v) is 5.76. The van der Waals surface area contributed by atoms with Crippen molar-refractivity contribution in [2.24, 2.45) is 4.99 Å². The number of rotatable bonds is 4. The van der Waals surface area contributed by atoms with Gasteiger partial charge in [0.25, 0.3) is 5.56 Å². The highest BCUT2D eigenvalue weighted by atomic mass is 19.1. The maximum Gasteiger partial charge on any atom is 0.280 e. The molecule has 1 heterocycles. The first-order valence-electron chi connectivity index (χ1n) is 7.79. The fourth-order valence-corrected chi connectivity index (χ4v) is 2.62. The first-order chi connectivity index (χ1) is 12.0. The molecular weight excluding hydrogens is 324 g/mol. The summed E-state index contributed by atoms with van der Waals surface area (Å²) in [5, 5.41) is 2.99. The molecule has 3 rings (SSSR count). The Labute approximate surface area is 143 Å². The number of hydrogen-bond acceptors (Lipinski definition) is 2. The van der Waals surface area contributed by atoms with Crippen LogP contribution in [0.3, 0.4) is 0 Å². The summed E-state index contributed by atoms with van der Waals surface area (Å²) in [5.41, 5.74) is 2.90. The highest BCUT2D eigenvalue weighted by molar-refractivity contribution is 5.99. The van der Waals surface area contributed by atoms with Crippen LogP contribution in [-0.2, 0) is 6.54 Å². The third-order valence-corrected chi connectivity index (χ3v) is 3.93. The lowest BCUT2D eigenvalue weighted by Gasteiger charge is -2.01. The fraction of sp³-hybridized carbons (Fsp3) is 0.158. The number of nitrogens with zero attached hydrogens (tertiary/aromatic N) is 2. The smallest absolute Gasteiger partial charge is 0.280 e. The number of H-pyrrole nitrogens is 1. The molecule has 6 heteroatoms. The van der Waals surface area contributed by atoms with Crippen LogP contribution in [0.5, 0.6) is 0 Å². The van der Waals surface area contributed by atoms with Gasteiger partial charge in [-0.1, -0.05) is 12.1 Å². The summed E-state index contributed by atoms with van der Waals surface area (Å²) in [7, 11) is 0. The van der Waals surface area contributed by atoms with Gasteiger partial charge in [-0.2, -0.15) is 0 Å². The van der Waals surface area contributed by atoms with Crippen LogP contribution in [0.15, 0.2) is 58.3 Å². The number of aryl methyl sites for hydroxylation is 1. The maximum atomic E-state index is 13.1. The van der Waals surface area contributed by atoms with Crippen LogP contribution in [0.25, 0.3) is 5.69 Å². The summed E-state index contributed by atoms with van der Waals surface area (Å²) in [6.07, 6.45) is 0. The van der Waals surface area contributed by atoms with E-state index in [1.807, 2.05) is 0 Å². The van der Waals surface area contributed by atoms with Gasteiger partial charge in [0.05, 0.1) is 17.8 Å². The average Bonchev–Trinajstić information content (AvgIpc) is 2.89. The van der Waals surface area contributed by atoms with Gasteiger partial charge in [-0.3, -0.25) is 14.9 Å². The standard InChI is InChI=1S/C19H17F2N3O/c1-12(22-11-14-3-5-15(20)6-4-14)18-13(2)23-24(19(18)25)17-9-7-16(21)8-10-17/h3-10,23H,11H2,1-2H3. The van der Waals surface area contributed by atoms with E-state index in [0.717, 1.165) is 5.56 Å². The lowest BCUT2D eigenvalue weighted by Crippen LogP contribution is -2.19. The van der Waals surface area contributed by atoms with Gasteiger partial charge in [-0.25, -0.2) is 13.5 Å². The Kier molecular flexibility index (Phi) is 4.61. The van der Waals surface area contributed by atoms with Crippen LogP contribution in [0, 0.1) is 18.6 Å². The molecule has 0 aliphatic rings. The molecule has 4 nitrogen and oxygen atoms in total. The Hall–Kier alpha value is -3.02. The molecule has 0 bridgehead atoms. The van der Waals surface area contributed by atoms with Crippen molar-refractivity contribution in [1.82, 2.24) is 9.78 Å². The van der Waals surface area contributed by atoms with Crippen molar-refractivity contribution in [2.45, 2.75) is 20.4 Å². The molecule has 1 N–H and O–H groups in total. The molecule has 0 atom stereocenters. The molecule has 0 amide bonds. The van der Waals surface area contributed by atoms with Gasteiger partial charge in [0, 0.05) is 11.4 Å². The number of aliphatic imine (C=N–C) groups is 1. The number of halogens is 2. The molecule has 0 unspecified atom stereocenters. The monoisotopic (exact) mass is 341 g/mol. The van der Waals surface area contributed by atoms with Crippen molar-refractivity contribution in [2.75, 3.05) is 0 Å². The Morgan fingerprint density at radius 1 is 1.04 bits per heavy atom. The minimum atomic E-state index is -0.364. The average molecular weight is 341 g/mol. The van der Waals surface area contributed by atoms with Crippen molar-refractivity contribution in [1.29, 1.82) is 0 Å². The zero-order valence-corrected chi connectivity index (χ0v) is 13.9. The van der Waals surface area contributed by atoms with Gasteiger partial charge in [0.2, 0.25) is 0 Å². The lowest BCUT2D eigenvalue weighted by molar-refractivity contribution is 0.626. The molecule has 0 spiro atoms. The van der Waals surface area contributed by atoms with E-state index in [-0.39, 0.29) is 17.2 Å². The van der Waals surface area contributed by atoms with E-state index in [1.165, 1.54) is 41.1 Å². The number of aromatic amines is 1. The van der Waals surface area contributed by atoms with E-state index in [4.69, 9.17) is 0 Å². The zero-order chi connectivity index (χ0) is 18.0. The quantitative estimate of drug-likeness (QED) is 0.722. The van der Waals surface area contributed by atoms with Gasteiger partial charge < -0.3 is 0 Å². The normalized spacial score (nSPS) is 11.8. The molecule has 0 saturated heterocycles. The molecule has 2 aromatic carbocycles. The number of nitrogens with one attached hydrogen (secondary N) is 1. The van der Waals surface area contributed by atoms with Gasteiger partial charge in [-0.15, -0.1) is 0 Å². The van der Waals surface area contributed by atoms with Crippen LogP contribution in [0.1, 0.15) is 23.7 Å². The molecule has 0 radical (unpaired) electrons. The largest absolute Gasteiger partial charge is 0.295 e. The van der Waals surface area contributed by atoms with Crippen molar-refractivity contribution in [3.05, 3.63) is 87.3 Å². The van der Waals surface area contributed by atoms with Crippen LogP contribution in [0.4, 0.5) is 8.78 Å². The first kappa shape index (κ1) is 16.8. The second-order valence-electron chi connectivity index (χ2n) is 5.76. The Morgan fingerprint density at radius 2 is 1.60 bits per heavy atom. The zero-order valence-electron chi connectivity index (χ0n) is 13.9. The molecule has 1 aromatic heterocycles. The Morgan fingerprint density at radius 3 is 2.20 bits per heavy atom. The van der Waals surface area contributed by atoms with Crippen LogP contribution >= 0.6 is 0 Å². The number of aromatic nitrogens is 2. The molecule has 3 aromatic rings. The highest BCUT2D eigenvalue weighted by Gasteiger charge is 2.14. The van der Waals surface area contributed by atoms with Crippen molar-refractivity contribution < 1.29 is 8.78 Å². The van der Waals surface area contributed by atoms with Crippen molar-refractivity contribution in [3.63, 3.8) is 0 Å². The molecule has 128 valence electrons. The third kappa shape index (κ3) is 3.57. The predicted molar refractivity (Wildman–Crippen MR) is 93.4 cm³/mol. The minimum absolute atomic E-state index is 0.246. The van der Waals surface area contributed by atoms with E-state index in [2.05, 4.69) is 10.1 Å². The van der Waals surface area contributed by atoms with Gasteiger partial charge in [-0.05, 0) is 55.8 Å². The minimum Gasteiger partial charge on any atom is -0.295 e. The van der Waals surface area contributed by atoms with Gasteiger partial charge >= 0.3 is 0 Å². The third-order valence-electron chi connectivity index (χ3n) is 3.93. The summed E-state index contributed by atoms with van der Waals surface area (Å²) in [6.45, 7) is 3.90. The second kappa shape index (κ2) is 6.84. The van der Waals surface area contributed by atoms with Crippen LogP contribution in [-0.4, -0.2) is 15.5 Å². The van der Waals surface area contributed by atoms with Crippen LogP contribution < -0.4 is 5.56 Å². The molecule has 0 saturated carbocycles. The van der Waals surface area contributed by atoms with Crippen molar-refractivity contribution >= 4 is 5.71 Å². The Balaban J connectivity index is 1.91. The fourth-order valence-electron chi connectivity index (χ4n) is 2.62. The van der Waals surface area contributed by atoms with Crippen molar-refractivity contribution in [3.8, 4) is 5.69 Å². The Bertz CT molecular complexity index is 967. The van der Waals surface area contributed by atoms with Gasteiger partial charge in [0.15, 0.2) is 0 Å². The van der Waals surface area contributed by atoms with E-state index in [1.54, 1.807) is 26.0 Å². The number of benzene rings is 2. The van der Waals surface area contributed by atoms with E-state index >= 15 is 0 Å². The molecule has 25 heavy (non-hydrogen) atoms. The summed E-state index contributed by atoms with van der Waals surface area (Å²) < 4.78 is 27.4. The number of hydrogen-bond donors (Lipinski definition) is 1. The van der Waals surface area contributed by atoms with E-state index in [0.29, 0.717) is 29.2 Å². The molecule has 0 aliphatic heterocycles. The van der Waals surface area contributed by atoms with Gasteiger partial charge in [0.1, 0.15) is 11.6 Å². The maximum absolute atomic E-state index is 13.1. The SMILES string of the molecule is CC(=NCc1ccc(F)cc1)c1c(C)[nH]n(-c2ccc(F)cc2)c1=O. The first-order valence-corrected chi connectivity index (χ1v) is 7.79. The molecule has 0 aliphatic carbocycles. The van der Waals surface area contributed by atoms with Crippen LogP contribution in [0.2, 0.25) is 0 Å². The lowest BCUT2D eigenvalue weighted by atomic mass is 10.1. The van der Waals surface area contributed by atoms with E-state index < -0.39 is 0 Å². The molecule has 0 fully saturated rings. The van der Waals surface area contributed by atoms with E-state index in [9.17, 15) is 13.6 Å². The molecular formula is C19H17F2N3O. The predicted octanol–water partition coefficient (Wildman–Crippen LogP) is 3.76.